The van der Waals surface area contributed by atoms with Crippen LogP contribution in [0.5, 0.6) is 0 Å². The van der Waals surface area contributed by atoms with Gasteiger partial charge in [-0.2, -0.15) is 0 Å². The topological polar surface area (TPSA) is 58.5 Å². The van der Waals surface area contributed by atoms with Crippen LogP contribution in [0.25, 0.3) is 0 Å². The molecule has 0 spiro atoms. The first-order chi connectivity index (χ1) is 10.8. The number of hydrogen-bond acceptors (Lipinski definition) is 5. The first-order valence-corrected chi connectivity index (χ1v) is 8.21. The predicted molar refractivity (Wildman–Crippen MR) is 87.2 cm³/mol. The van der Waals surface area contributed by atoms with E-state index < -0.39 is 0 Å². The van der Waals surface area contributed by atoms with Crippen molar-refractivity contribution >= 4 is 11.6 Å². The molecule has 1 saturated heterocycles. The van der Waals surface area contributed by atoms with Crippen LogP contribution in [0.4, 0.5) is 5.69 Å². The Morgan fingerprint density at radius 1 is 1.36 bits per heavy atom. The molecule has 2 N–H and O–H groups in total. The Hall–Kier alpha value is -2.04. The van der Waals surface area contributed by atoms with Crippen molar-refractivity contribution in [1.29, 1.82) is 0 Å². The maximum absolute atomic E-state index is 5.87. The van der Waals surface area contributed by atoms with Gasteiger partial charge in [0.25, 0.3) is 0 Å². The number of ether oxygens (including phenoxy) is 1. The predicted octanol–water partition coefficient (Wildman–Crippen LogP) is 2.74. The highest BCUT2D eigenvalue weighted by Crippen LogP contribution is 2.50. The fraction of sp³-hybridized carbons (Fsp3) is 0.529. The SMILES string of the molecule is CC/C=C1/N[C@@H](c2ccc3c(n2)C2CC2N3)COC1=NCC. The fourth-order valence-corrected chi connectivity index (χ4v) is 3.26. The number of aliphatic imine (C=N–C) groups is 1. The zero-order chi connectivity index (χ0) is 15.1. The van der Waals surface area contributed by atoms with Crippen LogP contribution in [-0.4, -0.2) is 30.1 Å². The molecule has 2 aliphatic heterocycles. The van der Waals surface area contributed by atoms with E-state index in [4.69, 9.17) is 9.72 Å². The lowest BCUT2D eigenvalue weighted by atomic mass is 10.1. The minimum absolute atomic E-state index is 0.0942. The van der Waals surface area contributed by atoms with E-state index in [1.54, 1.807) is 0 Å². The van der Waals surface area contributed by atoms with E-state index >= 15 is 0 Å². The van der Waals surface area contributed by atoms with Crippen LogP contribution in [0.15, 0.2) is 28.9 Å². The van der Waals surface area contributed by atoms with E-state index in [1.165, 1.54) is 17.8 Å². The average molecular weight is 298 g/mol. The molecule has 2 unspecified atom stereocenters. The molecule has 1 aliphatic carbocycles. The van der Waals surface area contributed by atoms with E-state index in [2.05, 4.69) is 40.8 Å². The lowest BCUT2D eigenvalue weighted by Crippen LogP contribution is -2.37. The minimum Gasteiger partial charge on any atom is -0.474 e. The summed E-state index contributed by atoms with van der Waals surface area (Å²) in [4.78, 5) is 9.31. The summed E-state index contributed by atoms with van der Waals surface area (Å²) in [5.74, 6) is 1.35. The highest BCUT2D eigenvalue weighted by Gasteiger charge is 2.46. The van der Waals surface area contributed by atoms with Gasteiger partial charge in [-0.15, -0.1) is 0 Å². The summed E-state index contributed by atoms with van der Waals surface area (Å²) >= 11 is 0. The zero-order valence-corrected chi connectivity index (χ0v) is 13.1. The van der Waals surface area contributed by atoms with E-state index in [0.717, 1.165) is 30.3 Å². The molecule has 3 aliphatic rings. The lowest BCUT2D eigenvalue weighted by molar-refractivity contribution is 0.234. The lowest BCUT2D eigenvalue weighted by Gasteiger charge is -2.28. The third-order valence-electron chi connectivity index (χ3n) is 4.44. The van der Waals surface area contributed by atoms with Gasteiger partial charge >= 0.3 is 0 Å². The van der Waals surface area contributed by atoms with E-state index in [-0.39, 0.29) is 6.04 Å². The van der Waals surface area contributed by atoms with Crippen molar-refractivity contribution in [3.63, 3.8) is 0 Å². The fourth-order valence-electron chi connectivity index (χ4n) is 3.26. The van der Waals surface area contributed by atoms with Gasteiger partial charge in [0.15, 0.2) is 0 Å². The Morgan fingerprint density at radius 3 is 3.09 bits per heavy atom. The molecule has 2 fully saturated rings. The van der Waals surface area contributed by atoms with Gasteiger partial charge in [0.2, 0.25) is 5.90 Å². The van der Waals surface area contributed by atoms with Gasteiger partial charge in [-0.25, -0.2) is 0 Å². The summed E-state index contributed by atoms with van der Waals surface area (Å²) in [7, 11) is 0. The van der Waals surface area contributed by atoms with Gasteiger partial charge in [-0.3, -0.25) is 9.98 Å². The molecule has 4 rings (SSSR count). The van der Waals surface area contributed by atoms with Crippen LogP contribution in [0.2, 0.25) is 0 Å². The molecule has 5 heteroatoms. The number of pyridine rings is 1. The number of allylic oxidation sites excluding steroid dienone is 1. The summed E-state index contributed by atoms with van der Waals surface area (Å²) in [6, 6.07) is 4.98. The van der Waals surface area contributed by atoms with E-state index in [1.807, 2.05) is 6.92 Å². The van der Waals surface area contributed by atoms with Crippen LogP contribution < -0.4 is 10.6 Å². The van der Waals surface area contributed by atoms with Crippen molar-refractivity contribution in [2.45, 2.75) is 44.7 Å². The van der Waals surface area contributed by atoms with Crippen LogP contribution in [0.1, 0.15) is 50.0 Å². The number of hydrogen-bond donors (Lipinski definition) is 2. The number of aromatic nitrogens is 1. The molecular formula is C17H22N4O. The molecule has 116 valence electrons. The quantitative estimate of drug-likeness (QED) is 0.901. The third-order valence-corrected chi connectivity index (χ3v) is 4.44. The van der Waals surface area contributed by atoms with Gasteiger partial charge in [0, 0.05) is 18.5 Å². The van der Waals surface area contributed by atoms with Crippen molar-refractivity contribution in [2.24, 2.45) is 4.99 Å². The smallest absolute Gasteiger partial charge is 0.232 e. The van der Waals surface area contributed by atoms with Gasteiger partial charge in [-0.1, -0.05) is 13.0 Å². The second kappa shape index (κ2) is 5.30. The van der Waals surface area contributed by atoms with Crippen molar-refractivity contribution in [3.8, 4) is 0 Å². The second-order valence-electron chi connectivity index (χ2n) is 6.08. The summed E-state index contributed by atoms with van der Waals surface area (Å²) in [6.07, 6.45) is 4.31. The largest absolute Gasteiger partial charge is 0.474 e. The highest BCUT2D eigenvalue weighted by molar-refractivity contribution is 5.93. The van der Waals surface area contributed by atoms with E-state index in [0.29, 0.717) is 18.6 Å². The van der Waals surface area contributed by atoms with Crippen LogP contribution in [0, 0.1) is 0 Å². The van der Waals surface area contributed by atoms with Gasteiger partial charge in [0.1, 0.15) is 12.6 Å². The van der Waals surface area contributed by atoms with Gasteiger partial charge < -0.3 is 15.4 Å². The van der Waals surface area contributed by atoms with Crippen LogP contribution in [0.3, 0.4) is 0 Å². The van der Waals surface area contributed by atoms with E-state index in [9.17, 15) is 0 Å². The second-order valence-corrected chi connectivity index (χ2v) is 6.08. The Kier molecular flexibility index (Phi) is 3.28. The third kappa shape index (κ3) is 2.25. The summed E-state index contributed by atoms with van der Waals surface area (Å²) in [6.45, 7) is 5.45. The number of morpholine rings is 1. The number of anilines is 1. The molecule has 0 radical (unpaired) electrons. The maximum atomic E-state index is 5.87. The Morgan fingerprint density at radius 2 is 2.27 bits per heavy atom. The molecule has 5 nitrogen and oxygen atoms in total. The first kappa shape index (κ1) is 13.6. The Bertz CT molecular complexity index is 652. The molecule has 3 atom stereocenters. The van der Waals surface area contributed by atoms with Crippen molar-refractivity contribution in [2.75, 3.05) is 18.5 Å². The monoisotopic (exact) mass is 298 g/mol. The maximum Gasteiger partial charge on any atom is 0.232 e. The number of nitrogens with one attached hydrogen (secondary N) is 2. The van der Waals surface area contributed by atoms with Crippen LogP contribution in [-0.2, 0) is 4.74 Å². The van der Waals surface area contributed by atoms with Gasteiger partial charge in [0.05, 0.1) is 22.8 Å². The molecule has 1 saturated carbocycles. The highest BCUT2D eigenvalue weighted by atomic mass is 16.5. The molecule has 3 heterocycles. The molecular weight excluding hydrogens is 276 g/mol. The minimum atomic E-state index is 0.0942. The normalized spacial score (nSPS) is 32.0. The number of rotatable bonds is 3. The average Bonchev–Trinajstić information content (AvgIpc) is 3.21. The Balaban J connectivity index is 1.58. The molecule has 0 amide bonds. The van der Waals surface area contributed by atoms with Gasteiger partial charge in [-0.05, 0) is 31.9 Å². The van der Waals surface area contributed by atoms with Crippen molar-refractivity contribution in [1.82, 2.24) is 10.3 Å². The summed E-state index contributed by atoms with van der Waals surface area (Å²) in [5, 5.41) is 7.06. The molecule has 22 heavy (non-hydrogen) atoms. The number of nitrogens with zero attached hydrogens (tertiary/aromatic N) is 2. The van der Waals surface area contributed by atoms with Crippen LogP contribution >= 0.6 is 0 Å². The molecule has 0 bridgehead atoms. The van der Waals surface area contributed by atoms with Crippen molar-refractivity contribution < 1.29 is 4.74 Å². The Labute approximate surface area is 130 Å². The summed E-state index contributed by atoms with van der Waals surface area (Å²) < 4.78 is 5.87. The standard InChI is InChI=1S/C17H22N4O/c1-3-5-13-17(18-4-2)22-9-15(20-13)11-6-7-12-16(21-11)10-8-14(10)19-12/h5-7,10,14-15,19-20H,3-4,8-9H2,1-2H3/b13-5+,18-17?/t10?,14?,15-/m1/s1. The first-order valence-electron chi connectivity index (χ1n) is 8.21. The zero-order valence-electron chi connectivity index (χ0n) is 13.1. The van der Waals surface area contributed by atoms with Crippen molar-refractivity contribution in [3.05, 3.63) is 35.3 Å². The molecule has 1 aromatic rings. The number of fused-ring (bicyclic) bond motifs is 3. The summed E-state index contributed by atoms with van der Waals surface area (Å²) in [5.41, 5.74) is 4.49. The molecule has 0 aromatic carbocycles. The molecule has 1 aromatic heterocycles.